The van der Waals surface area contributed by atoms with Crippen LogP contribution in [-0.4, -0.2) is 14.4 Å². The molecule has 27 heavy (non-hydrogen) atoms. The van der Waals surface area contributed by atoms with Gasteiger partial charge in [0.1, 0.15) is 16.4 Å². The van der Waals surface area contributed by atoms with Crippen molar-refractivity contribution in [1.82, 2.24) is 0 Å². The first kappa shape index (κ1) is 18.3. The Morgan fingerprint density at radius 1 is 1.07 bits per heavy atom. The highest BCUT2D eigenvalue weighted by Crippen LogP contribution is 2.50. The molecule has 2 atom stereocenters. The summed E-state index contributed by atoms with van der Waals surface area (Å²) in [5, 5.41) is 0.443. The molecule has 142 valence electrons. The van der Waals surface area contributed by atoms with Crippen LogP contribution in [0.25, 0.3) is 0 Å². The van der Waals surface area contributed by atoms with E-state index in [1.165, 1.54) is 24.3 Å². The second-order valence-electron chi connectivity index (χ2n) is 7.08. The van der Waals surface area contributed by atoms with Crippen LogP contribution in [0.2, 0.25) is 5.02 Å². The summed E-state index contributed by atoms with van der Waals surface area (Å²) < 4.78 is 36.6. The molecule has 4 rings (SSSR count). The number of esters is 1. The van der Waals surface area contributed by atoms with Gasteiger partial charge in [-0.3, -0.25) is 4.79 Å². The molecule has 0 amide bonds. The summed E-state index contributed by atoms with van der Waals surface area (Å²) in [6, 6.07) is 9.27. The third-order valence-electron chi connectivity index (χ3n) is 5.20. The molecule has 0 spiro atoms. The summed E-state index contributed by atoms with van der Waals surface area (Å²) in [5.74, 6) is 0.0960. The SMILES string of the molecule is Cc1cc2c(c(OS(=O)(=O)c3ccc(Cl)cc3)c1)C1CCCCC1C(=O)O2. The first-order chi connectivity index (χ1) is 12.8. The lowest BCUT2D eigenvalue weighted by molar-refractivity contribution is -0.142. The Kier molecular flexibility index (Phi) is 4.64. The Balaban J connectivity index is 1.78. The zero-order valence-electron chi connectivity index (χ0n) is 14.8. The molecule has 0 N–H and O–H groups in total. The number of carbonyl (C=O) groups is 1. The summed E-state index contributed by atoms with van der Waals surface area (Å²) in [4.78, 5) is 12.4. The molecule has 0 saturated heterocycles. The summed E-state index contributed by atoms with van der Waals surface area (Å²) in [5.41, 5.74) is 1.44. The van der Waals surface area contributed by atoms with Crippen LogP contribution in [-0.2, 0) is 14.9 Å². The minimum atomic E-state index is -4.03. The summed E-state index contributed by atoms with van der Waals surface area (Å²) in [6.45, 7) is 1.81. The molecule has 7 heteroatoms. The van der Waals surface area contributed by atoms with E-state index < -0.39 is 10.1 Å². The molecule has 1 aliphatic carbocycles. The second kappa shape index (κ2) is 6.84. The maximum Gasteiger partial charge on any atom is 0.339 e. The van der Waals surface area contributed by atoms with Gasteiger partial charge in [-0.15, -0.1) is 0 Å². The minimum Gasteiger partial charge on any atom is -0.426 e. The van der Waals surface area contributed by atoms with Crippen LogP contribution >= 0.6 is 11.6 Å². The van der Waals surface area contributed by atoms with Gasteiger partial charge in [0.2, 0.25) is 0 Å². The number of benzene rings is 2. The van der Waals surface area contributed by atoms with Gasteiger partial charge in [-0.05, 0) is 61.7 Å². The van der Waals surface area contributed by atoms with Crippen molar-refractivity contribution in [3.63, 3.8) is 0 Å². The van der Waals surface area contributed by atoms with E-state index in [2.05, 4.69) is 0 Å². The maximum atomic E-state index is 12.8. The number of hydrogen-bond acceptors (Lipinski definition) is 5. The smallest absolute Gasteiger partial charge is 0.339 e. The Labute approximate surface area is 163 Å². The summed E-state index contributed by atoms with van der Waals surface area (Å²) >= 11 is 5.84. The third-order valence-corrected chi connectivity index (χ3v) is 6.70. The standard InChI is InChI=1S/C20H19ClO5S/c1-12-10-17-19(15-4-2-3-5-16(15)20(22)25-17)18(11-12)26-27(23,24)14-8-6-13(21)7-9-14/h6-11,15-16H,2-5H2,1H3. The van der Waals surface area contributed by atoms with Crippen molar-refractivity contribution >= 4 is 27.7 Å². The predicted molar refractivity (Wildman–Crippen MR) is 101 cm³/mol. The highest BCUT2D eigenvalue weighted by atomic mass is 35.5. The first-order valence-corrected chi connectivity index (χ1v) is 10.7. The fourth-order valence-electron chi connectivity index (χ4n) is 3.96. The lowest BCUT2D eigenvalue weighted by Gasteiger charge is -2.36. The number of rotatable bonds is 3. The van der Waals surface area contributed by atoms with Gasteiger partial charge in [-0.2, -0.15) is 8.42 Å². The van der Waals surface area contributed by atoms with Gasteiger partial charge in [0.15, 0.2) is 0 Å². The van der Waals surface area contributed by atoms with Crippen molar-refractivity contribution in [2.45, 2.75) is 43.4 Å². The number of carbonyl (C=O) groups excluding carboxylic acids is 1. The normalized spacial score (nSPS) is 21.8. The number of fused-ring (bicyclic) bond motifs is 3. The molecule has 2 unspecified atom stereocenters. The number of aryl methyl sites for hydroxylation is 1. The summed E-state index contributed by atoms with van der Waals surface area (Å²) in [6.07, 6.45) is 3.52. The molecular weight excluding hydrogens is 388 g/mol. The van der Waals surface area contributed by atoms with Crippen LogP contribution in [0.15, 0.2) is 41.3 Å². The molecule has 1 aliphatic heterocycles. The topological polar surface area (TPSA) is 69.7 Å². The summed E-state index contributed by atoms with van der Waals surface area (Å²) in [7, 11) is -4.03. The van der Waals surface area contributed by atoms with E-state index in [9.17, 15) is 13.2 Å². The van der Waals surface area contributed by atoms with Gasteiger partial charge in [-0.25, -0.2) is 0 Å². The Morgan fingerprint density at radius 3 is 2.44 bits per heavy atom. The van der Waals surface area contributed by atoms with Crippen molar-refractivity contribution in [3.05, 3.63) is 52.5 Å². The molecule has 0 aromatic heterocycles. The van der Waals surface area contributed by atoms with Crippen molar-refractivity contribution < 1.29 is 22.1 Å². The quantitative estimate of drug-likeness (QED) is 0.423. The van der Waals surface area contributed by atoms with Gasteiger partial charge < -0.3 is 8.92 Å². The van der Waals surface area contributed by atoms with Crippen LogP contribution in [0.4, 0.5) is 0 Å². The third kappa shape index (κ3) is 3.44. The van der Waals surface area contributed by atoms with Crippen LogP contribution in [0.5, 0.6) is 11.5 Å². The van der Waals surface area contributed by atoms with E-state index in [0.29, 0.717) is 16.3 Å². The lowest BCUT2D eigenvalue weighted by Crippen LogP contribution is -2.34. The number of hydrogen-bond donors (Lipinski definition) is 0. The van der Waals surface area contributed by atoms with E-state index in [-0.39, 0.29) is 28.5 Å². The van der Waals surface area contributed by atoms with E-state index in [1.54, 1.807) is 12.1 Å². The monoisotopic (exact) mass is 406 g/mol. The van der Waals surface area contributed by atoms with Crippen LogP contribution < -0.4 is 8.92 Å². The van der Waals surface area contributed by atoms with Gasteiger partial charge in [0.05, 0.1) is 5.92 Å². The molecule has 0 radical (unpaired) electrons. The van der Waals surface area contributed by atoms with Crippen molar-refractivity contribution in [3.8, 4) is 11.5 Å². The minimum absolute atomic E-state index is 0.0233. The van der Waals surface area contributed by atoms with Crippen LogP contribution in [0.1, 0.15) is 42.7 Å². The molecule has 1 fully saturated rings. The number of ether oxygens (including phenoxy) is 1. The lowest BCUT2D eigenvalue weighted by atomic mass is 9.73. The first-order valence-electron chi connectivity index (χ1n) is 8.91. The zero-order chi connectivity index (χ0) is 19.2. The van der Waals surface area contributed by atoms with E-state index >= 15 is 0 Å². The fraction of sp³-hybridized carbons (Fsp3) is 0.350. The molecule has 2 aromatic rings. The Morgan fingerprint density at radius 2 is 1.74 bits per heavy atom. The van der Waals surface area contributed by atoms with Crippen LogP contribution in [0.3, 0.4) is 0 Å². The Hall–Kier alpha value is -2.05. The van der Waals surface area contributed by atoms with Gasteiger partial charge in [0, 0.05) is 16.5 Å². The highest BCUT2D eigenvalue weighted by Gasteiger charge is 2.41. The molecule has 2 aliphatic rings. The molecule has 1 heterocycles. The molecular formula is C20H19ClO5S. The van der Waals surface area contributed by atoms with Crippen LogP contribution in [0, 0.1) is 12.8 Å². The van der Waals surface area contributed by atoms with E-state index in [4.69, 9.17) is 20.5 Å². The van der Waals surface area contributed by atoms with Gasteiger partial charge in [-0.1, -0.05) is 24.4 Å². The Bertz CT molecular complexity index is 998. The zero-order valence-corrected chi connectivity index (χ0v) is 16.3. The maximum absolute atomic E-state index is 12.8. The van der Waals surface area contributed by atoms with Gasteiger partial charge in [0.25, 0.3) is 0 Å². The van der Waals surface area contributed by atoms with E-state index in [1.807, 2.05) is 6.92 Å². The van der Waals surface area contributed by atoms with Crippen molar-refractivity contribution in [1.29, 1.82) is 0 Å². The molecule has 1 saturated carbocycles. The number of halogens is 1. The fourth-order valence-corrected chi connectivity index (χ4v) is 5.03. The van der Waals surface area contributed by atoms with Gasteiger partial charge >= 0.3 is 16.1 Å². The molecule has 2 aromatic carbocycles. The predicted octanol–water partition coefficient (Wildman–Crippen LogP) is 4.61. The average molecular weight is 407 g/mol. The average Bonchev–Trinajstić information content (AvgIpc) is 2.61. The van der Waals surface area contributed by atoms with Crippen molar-refractivity contribution in [2.75, 3.05) is 0 Å². The molecule has 5 nitrogen and oxygen atoms in total. The molecule has 0 bridgehead atoms. The highest BCUT2D eigenvalue weighted by molar-refractivity contribution is 7.87. The van der Waals surface area contributed by atoms with E-state index in [0.717, 1.165) is 31.2 Å². The largest absolute Gasteiger partial charge is 0.426 e. The van der Waals surface area contributed by atoms with Crippen molar-refractivity contribution in [2.24, 2.45) is 5.92 Å². The second-order valence-corrected chi connectivity index (χ2v) is 9.07.